The number of nitrogens with zero attached hydrogens (tertiary/aromatic N) is 4. The summed E-state index contributed by atoms with van der Waals surface area (Å²) in [6, 6.07) is 44.2. The van der Waals surface area contributed by atoms with Gasteiger partial charge in [-0.05, 0) is 73.7 Å². The van der Waals surface area contributed by atoms with E-state index in [1.165, 1.54) is 9.95 Å². The second-order valence-electron chi connectivity index (χ2n) is 13.4. The Kier molecular flexibility index (Phi) is 5.50. The number of para-hydroxylation sites is 2. The van der Waals surface area contributed by atoms with Crippen molar-refractivity contribution in [3.05, 3.63) is 194 Å². The Bertz CT molecular complexity index is 3550. The molecule has 0 unspecified atom stereocenters. The van der Waals surface area contributed by atoms with Crippen LogP contribution >= 0.6 is 0 Å². The van der Waals surface area contributed by atoms with Crippen LogP contribution in [0.5, 0.6) is 0 Å². The Morgan fingerprint density at radius 3 is 1.35 bits per heavy atom. The first kappa shape index (κ1) is 24.0. The molecule has 55 heavy (non-hydrogen) atoms. The summed E-state index contributed by atoms with van der Waals surface area (Å²) in [6.45, 7) is 0. The number of aromatic nitrogens is 4. The summed E-state index contributed by atoms with van der Waals surface area (Å²) in [5, 5.41) is 6.70. The fourth-order valence-corrected chi connectivity index (χ4v) is 7.77. The van der Waals surface area contributed by atoms with Crippen molar-refractivity contribution in [1.29, 1.82) is 0 Å². The van der Waals surface area contributed by atoms with E-state index in [0.717, 1.165) is 49.2 Å². The van der Waals surface area contributed by atoms with E-state index in [0.29, 0.717) is 22.9 Å². The van der Waals surface area contributed by atoms with Crippen LogP contribution in [0.4, 0.5) is 0 Å². The van der Waals surface area contributed by atoms with Crippen LogP contribution in [0.25, 0.3) is 105 Å². The van der Waals surface area contributed by atoms with Gasteiger partial charge in [-0.1, -0.05) is 164 Å². The van der Waals surface area contributed by atoms with Gasteiger partial charge < -0.3 is 4.57 Å². The molecule has 0 spiro atoms. The lowest BCUT2D eigenvalue weighted by Crippen LogP contribution is -2.04. The molecule has 0 radical (unpaired) electrons. The molecule has 0 bridgehead atoms. The van der Waals surface area contributed by atoms with Gasteiger partial charge in [-0.3, -0.25) is 0 Å². The molecule has 2 aromatic heterocycles. The molecular formula is C51H32N4. The summed E-state index contributed by atoms with van der Waals surface area (Å²) in [5.41, 5.74) is 3.95. The number of benzene rings is 9. The van der Waals surface area contributed by atoms with Gasteiger partial charge in [0.2, 0.25) is 0 Å². The van der Waals surface area contributed by atoms with E-state index >= 15 is 0 Å². The van der Waals surface area contributed by atoms with E-state index in [4.69, 9.17) is 23.2 Å². The van der Waals surface area contributed by atoms with Gasteiger partial charge in [0.05, 0.1) is 27.7 Å². The Morgan fingerprint density at radius 1 is 0.345 bits per heavy atom. The van der Waals surface area contributed by atoms with Crippen LogP contribution in [-0.2, 0) is 0 Å². The molecule has 0 atom stereocenters. The van der Waals surface area contributed by atoms with Gasteiger partial charge in [-0.25, -0.2) is 15.0 Å². The highest BCUT2D eigenvalue weighted by atomic mass is 15.1. The van der Waals surface area contributed by atoms with Crippen molar-refractivity contribution in [3.8, 4) is 51.0 Å². The number of hydrogen-bond acceptors (Lipinski definition) is 3. The molecule has 0 amide bonds. The quantitative estimate of drug-likeness (QED) is 0.167. The highest BCUT2D eigenvalue weighted by Crippen LogP contribution is 2.40. The van der Waals surface area contributed by atoms with Crippen LogP contribution < -0.4 is 0 Å². The lowest BCUT2D eigenvalue weighted by Gasteiger charge is -2.17. The molecular weight excluding hydrogens is 669 g/mol. The van der Waals surface area contributed by atoms with Gasteiger partial charge in [0.15, 0.2) is 17.5 Å². The maximum atomic E-state index is 9.27. The smallest absolute Gasteiger partial charge is 0.166 e. The summed E-state index contributed by atoms with van der Waals surface area (Å²) in [5.74, 6) is 1.03. The largest absolute Gasteiger partial charge is 0.309 e. The average Bonchev–Trinajstić information content (AvgIpc) is 3.70. The first-order chi connectivity index (χ1) is 30.6. The SMILES string of the molecule is [2H]c1c([2H])c([2H])c2c(c1[2H])c1c([2H])c([2H])c([2H])c([2H])c1n2-c1ccc(-c2ccc3c4ccccc4c4ccccc4c3c2)cc1-c1nc(-c2ccccc2)nc(-c2ccccc2)n1. The van der Waals surface area contributed by atoms with E-state index < -0.39 is 48.3 Å². The van der Waals surface area contributed by atoms with Gasteiger partial charge in [0.1, 0.15) is 0 Å². The second-order valence-corrected chi connectivity index (χ2v) is 13.4. The third-order valence-corrected chi connectivity index (χ3v) is 10.3. The van der Waals surface area contributed by atoms with Crippen LogP contribution in [0.2, 0.25) is 0 Å². The first-order valence-corrected chi connectivity index (χ1v) is 18.0. The average molecular weight is 709 g/mol. The number of rotatable bonds is 5. The van der Waals surface area contributed by atoms with Crippen molar-refractivity contribution in [3.63, 3.8) is 0 Å². The van der Waals surface area contributed by atoms with E-state index in [2.05, 4.69) is 48.5 Å². The van der Waals surface area contributed by atoms with Gasteiger partial charge in [-0.2, -0.15) is 0 Å². The number of hydrogen-bond donors (Lipinski definition) is 0. The van der Waals surface area contributed by atoms with Gasteiger partial charge in [0, 0.05) is 27.5 Å². The van der Waals surface area contributed by atoms with Crippen molar-refractivity contribution >= 4 is 54.1 Å². The van der Waals surface area contributed by atoms with Crippen LogP contribution in [0.3, 0.4) is 0 Å². The molecule has 0 aliphatic heterocycles. The first-order valence-electron chi connectivity index (χ1n) is 22.0. The maximum absolute atomic E-state index is 9.27. The predicted molar refractivity (Wildman–Crippen MR) is 228 cm³/mol. The van der Waals surface area contributed by atoms with Crippen molar-refractivity contribution in [2.45, 2.75) is 0 Å². The monoisotopic (exact) mass is 708 g/mol. The molecule has 2 heterocycles. The number of fused-ring (bicyclic) bond motifs is 9. The molecule has 11 rings (SSSR count). The third-order valence-electron chi connectivity index (χ3n) is 10.3. The minimum Gasteiger partial charge on any atom is -0.309 e. The molecule has 0 N–H and O–H groups in total. The maximum Gasteiger partial charge on any atom is 0.166 e. The van der Waals surface area contributed by atoms with E-state index in [1.54, 1.807) is 0 Å². The normalized spacial score (nSPS) is 13.7. The molecule has 0 saturated heterocycles. The molecule has 9 aromatic carbocycles. The zero-order chi connectivity index (χ0) is 43.3. The molecule has 0 fully saturated rings. The summed E-state index contributed by atoms with van der Waals surface area (Å²) >= 11 is 0. The van der Waals surface area contributed by atoms with Crippen LogP contribution in [0.1, 0.15) is 11.0 Å². The third kappa shape index (κ3) is 5.11. The minimum absolute atomic E-state index is 0.00155. The fourth-order valence-electron chi connectivity index (χ4n) is 7.77. The summed E-state index contributed by atoms with van der Waals surface area (Å²) < 4.78 is 73.0. The lowest BCUT2D eigenvalue weighted by molar-refractivity contribution is 1.06. The Balaban J connectivity index is 1.28. The second kappa shape index (κ2) is 12.6. The van der Waals surface area contributed by atoms with E-state index in [1.807, 2.05) is 97.1 Å². The van der Waals surface area contributed by atoms with Crippen LogP contribution in [-0.4, -0.2) is 19.5 Å². The van der Waals surface area contributed by atoms with Crippen LogP contribution in [0.15, 0.2) is 194 Å². The Labute approximate surface area is 328 Å². The van der Waals surface area contributed by atoms with Crippen molar-refractivity contribution in [2.75, 3.05) is 0 Å². The van der Waals surface area contributed by atoms with E-state index in [-0.39, 0.29) is 27.6 Å². The molecule has 11 aromatic rings. The summed E-state index contributed by atoms with van der Waals surface area (Å²) in [6.07, 6.45) is 0. The predicted octanol–water partition coefficient (Wildman–Crippen LogP) is 13.1. The standard InChI is InChI=1S/C51H32N4/c1-3-15-33(16-4-1)49-52-50(34-17-5-2-6-18-34)54-51(53-49)45-32-36(28-30-48(45)55-46-25-13-11-23-42(46)43-24-12-14-26-47(43)55)35-27-29-41-39-21-8-7-19-37(39)38-20-9-10-22-40(38)44(41)31-35/h1-32H/i11D,12D,13D,14D,23D,24D,25D,26D. The molecule has 4 nitrogen and oxygen atoms in total. The molecule has 0 saturated carbocycles. The van der Waals surface area contributed by atoms with Gasteiger partial charge in [0.25, 0.3) is 0 Å². The topological polar surface area (TPSA) is 43.6 Å². The van der Waals surface area contributed by atoms with Gasteiger partial charge in [-0.15, -0.1) is 0 Å². The highest BCUT2D eigenvalue weighted by Gasteiger charge is 2.20. The zero-order valence-electron chi connectivity index (χ0n) is 37.1. The minimum atomic E-state index is -0.511. The molecule has 0 aliphatic rings. The van der Waals surface area contributed by atoms with Crippen LogP contribution in [0, 0.1) is 0 Å². The Hall–Kier alpha value is -7.43. The summed E-state index contributed by atoms with van der Waals surface area (Å²) in [4.78, 5) is 15.1. The lowest BCUT2D eigenvalue weighted by atomic mass is 9.91. The van der Waals surface area contributed by atoms with Gasteiger partial charge >= 0.3 is 0 Å². The van der Waals surface area contributed by atoms with Crippen molar-refractivity contribution < 1.29 is 11.0 Å². The summed E-state index contributed by atoms with van der Waals surface area (Å²) in [7, 11) is 0. The highest BCUT2D eigenvalue weighted by molar-refractivity contribution is 6.25. The molecule has 256 valence electrons. The molecule has 4 heteroatoms. The zero-order valence-corrected chi connectivity index (χ0v) is 29.1. The van der Waals surface area contributed by atoms with E-state index in [9.17, 15) is 2.74 Å². The van der Waals surface area contributed by atoms with Crippen molar-refractivity contribution in [2.24, 2.45) is 0 Å². The fraction of sp³-hybridized carbons (Fsp3) is 0. The Morgan fingerprint density at radius 2 is 0.782 bits per heavy atom. The molecule has 0 aliphatic carbocycles. The van der Waals surface area contributed by atoms with Crippen molar-refractivity contribution in [1.82, 2.24) is 19.5 Å².